The summed E-state index contributed by atoms with van der Waals surface area (Å²) in [4.78, 5) is 27.4. The highest BCUT2D eigenvalue weighted by Crippen LogP contribution is 2.11. The maximum absolute atomic E-state index is 11.0. The summed E-state index contributed by atoms with van der Waals surface area (Å²) in [5.41, 5.74) is 1.93. The zero-order valence-corrected chi connectivity index (χ0v) is 6.73. The summed E-state index contributed by atoms with van der Waals surface area (Å²) < 4.78 is 0. The van der Waals surface area contributed by atoms with Gasteiger partial charge in [0.25, 0.3) is 11.6 Å². The third kappa shape index (κ3) is 2.03. The van der Waals surface area contributed by atoms with Gasteiger partial charge in [-0.05, 0) is 0 Å². The number of hydrogen-bond donors (Lipinski definition) is 2. The van der Waals surface area contributed by atoms with Crippen molar-refractivity contribution in [3.8, 4) is 0 Å². The molecule has 0 fully saturated rings. The lowest BCUT2D eigenvalue weighted by atomic mass is 10.4. The van der Waals surface area contributed by atoms with Gasteiger partial charge in [0.05, 0.1) is 18.2 Å². The van der Waals surface area contributed by atoms with Gasteiger partial charge in [0.1, 0.15) is 5.69 Å². The number of rotatable bonds is 3. The van der Waals surface area contributed by atoms with E-state index in [1.165, 1.54) is 7.11 Å². The van der Waals surface area contributed by atoms with Gasteiger partial charge < -0.3 is 4.98 Å². The van der Waals surface area contributed by atoms with Gasteiger partial charge in [-0.25, -0.2) is 5.48 Å². The Kier molecular flexibility index (Phi) is 2.60. The van der Waals surface area contributed by atoms with Gasteiger partial charge in [0.15, 0.2) is 0 Å². The first-order valence-corrected chi connectivity index (χ1v) is 3.31. The number of aromatic nitrogens is 1. The zero-order chi connectivity index (χ0) is 9.84. The Bertz CT molecular complexity index is 332. The minimum absolute atomic E-state index is 0.0774. The number of hydroxylamine groups is 1. The Balaban J connectivity index is 2.79. The van der Waals surface area contributed by atoms with Crippen molar-refractivity contribution in [1.82, 2.24) is 10.5 Å². The van der Waals surface area contributed by atoms with E-state index in [1.54, 1.807) is 0 Å². The fourth-order valence-electron chi connectivity index (χ4n) is 0.767. The van der Waals surface area contributed by atoms with Crippen molar-refractivity contribution >= 4 is 11.6 Å². The van der Waals surface area contributed by atoms with Crippen LogP contribution in [0.1, 0.15) is 10.5 Å². The molecule has 7 nitrogen and oxygen atoms in total. The lowest BCUT2D eigenvalue weighted by molar-refractivity contribution is -0.384. The Labute approximate surface area is 72.8 Å². The predicted molar refractivity (Wildman–Crippen MR) is 41.9 cm³/mol. The summed E-state index contributed by atoms with van der Waals surface area (Å²) >= 11 is 0. The van der Waals surface area contributed by atoms with Crippen LogP contribution in [0.15, 0.2) is 12.3 Å². The van der Waals surface area contributed by atoms with Crippen LogP contribution in [-0.2, 0) is 4.84 Å². The van der Waals surface area contributed by atoms with E-state index in [4.69, 9.17) is 0 Å². The maximum atomic E-state index is 11.0. The van der Waals surface area contributed by atoms with E-state index >= 15 is 0 Å². The lowest BCUT2D eigenvalue weighted by Gasteiger charge is -1.96. The van der Waals surface area contributed by atoms with Crippen LogP contribution < -0.4 is 5.48 Å². The number of nitrogens with one attached hydrogen (secondary N) is 2. The molecular weight excluding hydrogens is 178 g/mol. The fraction of sp³-hybridized carbons (Fsp3) is 0.167. The molecule has 0 saturated carbocycles. The van der Waals surface area contributed by atoms with Gasteiger partial charge in [-0.1, -0.05) is 0 Å². The first-order valence-electron chi connectivity index (χ1n) is 3.31. The van der Waals surface area contributed by atoms with E-state index in [1.807, 2.05) is 5.48 Å². The minimum Gasteiger partial charge on any atom is -0.351 e. The molecule has 70 valence electrons. The third-order valence-corrected chi connectivity index (χ3v) is 1.32. The number of carbonyl (C=O) groups is 1. The molecule has 0 spiro atoms. The molecule has 1 aromatic heterocycles. The van der Waals surface area contributed by atoms with E-state index in [9.17, 15) is 14.9 Å². The molecule has 0 aliphatic heterocycles. The molecular formula is C6H7N3O4. The van der Waals surface area contributed by atoms with Crippen LogP contribution in [-0.4, -0.2) is 22.9 Å². The molecule has 0 saturated heterocycles. The van der Waals surface area contributed by atoms with Gasteiger partial charge >= 0.3 is 0 Å². The van der Waals surface area contributed by atoms with E-state index in [-0.39, 0.29) is 11.4 Å². The second-order valence-corrected chi connectivity index (χ2v) is 2.16. The molecule has 1 rings (SSSR count). The van der Waals surface area contributed by atoms with Crippen molar-refractivity contribution in [2.75, 3.05) is 7.11 Å². The lowest BCUT2D eigenvalue weighted by Crippen LogP contribution is -2.21. The van der Waals surface area contributed by atoms with Crippen molar-refractivity contribution < 1.29 is 14.6 Å². The maximum Gasteiger partial charge on any atom is 0.291 e. The van der Waals surface area contributed by atoms with Crippen molar-refractivity contribution in [1.29, 1.82) is 0 Å². The van der Waals surface area contributed by atoms with Crippen LogP contribution >= 0.6 is 0 Å². The highest BCUT2D eigenvalue weighted by molar-refractivity contribution is 5.92. The molecule has 0 radical (unpaired) electrons. The van der Waals surface area contributed by atoms with Crippen LogP contribution in [0, 0.1) is 10.1 Å². The van der Waals surface area contributed by atoms with E-state index < -0.39 is 10.8 Å². The molecule has 13 heavy (non-hydrogen) atoms. The number of aromatic amines is 1. The second-order valence-electron chi connectivity index (χ2n) is 2.16. The average Bonchev–Trinajstić information content (AvgIpc) is 2.52. The first-order chi connectivity index (χ1) is 6.15. The highest BCUT2D eigenvalue weighted by Gasteiger charge is 2.13. The monoisotopic (exact) mass is 185 g/mol. The van der Waals surface area contributed by atoms with Crippen LogP contribution in [0.25, 0.3) is 0 Å². The number of carbonyl (C=O) groups excluding carboxylic acids is 1. The number of nitro groups is 1. The first kappa shape index (κ1) is 9.20. The number of amides is 1. The quantitative estimate of drug-likeness (QED) is 0.519. The largest absolute Gasteiger partial charge is 0.351 e. The van der Waals surface area contributed by atoms with Crippen molar-refractivity contribution in [2.24, 2.45) is 0 Å². The summed E-state index contributed by atoms with van der Waals surface area (Å²) in [7, 11) is 1.27. The summed E-state index contributed by atoms with van der Waals surface area (Å²) in [5.74, 6) is -0.560. The topological polar surface area (TPSA) is 97.3 Å². The second kappa shape index (κ2) is 3.68. The molecule has 1 amide bonds. The van der Waals surface area contributed by atoms with E-state index in [0.29, 0.717) is 0 Å². The molecule has 1 aromatic rings. The number of hydrogen-bond acceptors (Lipinski definition) is 4. The number of nitrogens with zero attached hydrogens (tertiary/aromatic N) is 1. The van der Waals surface area contributed by atoms with Gasteiger partial charge in [-0.15, -0.1) is 0 Å². The third-order valence-electron chi connectivity index (χ3n) is 1.32. The standard InChI is InChI=1S/C6H7N3O4/c1-13-8-6(10)5-2-4(3-7-5)9(11)12/h2-3,7H,1H3,(H,8,10). The molecule has 7 heteroatoms. The molecule has 0 aromatic carbocycles. The molecule has 2 N–H and O–H groups in total. The molecule has 0 atom stereocenters. The van der Waals surface area contributed by atoms with Crippen LogP contribution in [0.4, 0.5) is 5.69 Å². The van der Waals surface area contributed by atoms with Gasteiger partial charge in [-0.3, -0.25) is 19.7 Å². The summed E-state index contributed by atoms with van der Waals surface area (Å²) in [6.45, 7) is 0. The van der Waals surface area contributed by atoms with Crippen LogP contribution in [0.3, 0.4) is 0 Å². The van der Waals surface area contributed by atoms with Crippen molar-refractivity contribution in [3.63, 3.8) is 0 Å². The summed E-state index contributed by atoms with van der Waals surface area (Å²) in [6.07, 6.45) is 1.13. The SMILES string of the molecule is CONC(=O)c1cc([N+](=O)[O-])c[nH]1. The molecule has 0 aliphatic rings. The van der Waals surface area contributed by atoms with Gasteiger partial charge in [0, 0.05) is 6.07 Å². The van der Waals surface area contributed by atoms with Crippen LogP contribution in [0.5, 0.6) is 0 Å². The van der Waals surface area contributed by atoms with Crippen molar-refractivity contribution in [2.45, 2.75) is 0 Å². The van der Waals surface area contributed by atoms with Gasteiger partial charge in [-0.2, -0.15) is 0 Å². The average molecular weight is 185 g/mol. The normalized spacial score (nSPS) is 9.62. The molecule has 0 unspecified atom stereocenters. The fourth-order valence-corrected chi connectivity index (χ4v) is 0.767. The highest BCUT2D eigenvalue weighted by atomic mass is 16.6. The Morgan fingerprint density at radius 2 is 2.46 bits per heavy atom. The molecule has 0 bridgehead atoms. The minimum atomic E-state index is -0.597. The summed E-state index contributed by atoms with van der Waals surface area (Å²) in [6, 6.07) is 1.12. The Morgan fingerprint density at radius 3 is 2.92 bits per heavy atom. The number of H-pyrrole nitrogens is 1. The Hall–Kier alpha value is -1.89. The smallest absolute Gasteiger partial charge is 0.291 e. The van der Waals surface area contributed by atoms with Gasteiger partial charge in [0.2, 0.25) is 0 Å². The predicted octanol–water partition coefficient (Wildman–Crippen LogP) is 0.214. The summed E-state index contributed by atoms with van der Waals surface area (Å²) in [5, 5.41) is 10.2. The van der Waals surface area contributed by atoms with Crippen LogP contribution in [0.2, 0.25) is 0 Å². The van der Waals surface area contributed by atoms with E-state index in [2.05, 4.69) is 9.82 Å². The Morgan fingerprint density at radius 1 is 1.77 bits per heavy atom. The molecule has 0 aliphatic carbocycles. The van der Waals surface area contributed by atoms with Crippen molar-refractivity contribution in [3.05, 3.63) is 28.1 Å². The zero-order valence-electron chi connectivity index (χ0n) is 6.73. The van der Waals surface area contributed by atoms with E-state index in [0.717, 1.165) is 12.3 Å². The molecule has 1 heterocycles.